The van der Waals surface area contributed by atoms with E-state index in [1.165, 1.54) is 16.7 Å². The second kappa shape index (κ2) is 10.2. The van der Waals surface area contributed by atoms with Crippen molar-refractivity contribution in [2.24, 2.45) is 23.2 Å². The molecule has 1 saturated carbocycles. The van der Waals surface area contributed by atoms with Gasteiger partial charge in [-0.1, -0.05) is 34.9 Å². The third-order valence-corrected chi connectivity index (χ3v) is 7.07. The highest BCUT2D eigenvalue weighted by molar-refractivity contribution is 5.77. The van der Waals surface area contributed by atoms with Gasteiger partial charge in [-0.25, -0.2) is 0 Å². The predicted molar refractivity (Wildman–Crippen MR) is 115 cm³/mol. The van der Waals surface area contributed by atoms with Gasteiger partial charge in [0.25, 0.3) is 0 Å². The van der Waals surface area contributed by atoms with E-state index in [0.717, 1.165) is 57.7 Å². The molecule has 4 atom stereocenters. The van der Waals surface area contributed by atoms with Crippen LogP contribution in [-0.2, 0) is 9.59 Å². The molecule has 1 N–H and O–H groups in total. The first-order valence-electron chi connectivity index (χ1n) is 10.9. The number of carboxylic acids is 1. The molecule has 1 fully saturated rings. The molecule has 0 saturated heterocycles. The zero-order valence-corrected chi connectivity index (χ0v) is 18.2. The second-order valence-electron chi connectivity index (χ2n) is 9.26. The zero-order valence-electron chi connectivity index (χ0n) is 18.2. The number of fused-ring (bicyclic) bond motifs is 2. The summed E-state index contributed by atoms with van der Waals surface area (Å²) in [5.41, 5.74) is 3.08. The molecule has 0 aromatic rings. The summed E-state index contributed by atoms with van der Waals surface area (Å²) in [7, 11) is 0. The SMILES string of the molecule is CC(C)=CCC[C@@]1(C(=O)O)[C@H]2C/C=C(\C)CC/C=C(\C)CC[C@H]1[C@H](C=O)CC2. The summed E-state index contributed by atoms with van der Waals surface area (Å²) >= 11 is 0. The first-order chi connectivity index (χ1) is 13.3. The summed E-state index contributed by atoms with van der Waals surface area (Å²) in [5, 5.41) is 10.5. The summed E-state index contributed by atoms with van der Waals surface area (Å²) in [4.78, 5) is 24.8. The van der Waals surface area contributed by atoms with E-state index in [0.29, 0.717) is 6.42 Å². The van der Waals surface area contributed by atoms with E-state index >= 15 is 0 Å². The Balaban J connectivity index is 2.51. The molecule has 0 amide bonds. The smallest absolute Gasteiger partial charge is 0.310 e. The first kappa shape index (κ1) is 22.6. The number of hydrogen-bond acceptors (Lipinski definition) is 2. The van der Waals surface area contributed by atoms with Crippen LogP contribution in [0.4, 0.5) is 0 Å². The van der Waals surface area contributed by atoms with Gasteiger partial charge < -0.3 is 9.90 Å². The van der Waals surface area contributed by atoms with Gasteiger partial charge in [-0.15, -0.1) is 0 Å². The van der Waals surface area contributed by atoms with Gasteiger partial charge in [0.05, 0.1) is 5.41 Å². The highest BCUT2D eigenvalue weighted by Crippen LogP contribution is 2.54. The zero-order chi connectivity index (χ0) is 20.7. The summed E-state index contributed by atoms with van der Waals surface area (Å²) in [6.45, 7) is 8.43. The minimum atomic E-state index is -0.813. The fraction of sp³-hybridized carbons (Fsp3) is 0.680. The van der Waals surface area contributed by atoms with Crippen LogP contribution in [0.2, 0.25) is 0 Å². The third-order valence-electron chi connectivity index (χ3n) is 7.07. The second-order valence-corrected chi connectivity index (χ2v) is 9.26. The van der Waals surface area contributed by atoms with Crippen molar-refractivity contribution in [1.82, 2.24) is 0 Å². The Morgan fingerprint density at radius 1 is 1.14 bits per heavy atom. The third kappa shape index (κ3) is 5.24. The van der Waals surface area contributed by atoms with Crippen molar-refractivity contribution in [1.29, 1.82) is 0 Å². The maximum absolute atomic E-state index is 12.8. The van der Waals surface area contributed by atoms with Crippen LogP contribution in [0.25, 0.3) is 0 Å². The monoisotopic (exact) mass is 386 g/mol. The van der Waals surface area contributed by atoms with E-state index < -0.39 is 11.4 Å². The number of aliphatic carboxylic acids is 1. The Morgan fingerprint density at radius 3 is 2.50 bits per heavy atom. The van der Waals surface area contributed by atoms with Gasteiger partial charge in [0.2, 0.25) is 0 Å². The van der Waals surface area contributed by atoms with Crippen molar-refractivity contribution in [2.45, 2.75) is 85.5 Å². The molecule has 2 bridgehead atoms. The summed E-state index contributed by atoms with van der Waals surface area (Å²) in [6, 6.07) is 0. The molecule has 3 heteroatoms. The van der Waals surface area contributed by atoms with Crippen LogP contribution in [0, 0.1) is 23.2 Å². The van der Waals surface area contributed by atoms with Crippen LogP contribution < -0.4 is 0 Å². The van der Waals surface area contributed by atoms with Gasteiger partial charge in [-0.2, -0.15) is 0 Å². The molecular weight excluding hydrogens is 348 g/mol. The van der Waals surface area contributed by atoms with Crippen LogP contribution in [0.1, 0.15) is 85.5 Å². The topological polar surface area (TPSA) is 54.4 Å². The number of carbonyl (C=O) groups is 2. The van der Waals surface area contributed by atoms with Crippen LogP contribution in [0.15, 0.2) is 34.9 Å². The fourth-order valence-electron chi connectivity index (χ4n) is 5.41. The molecular formula is C25H38O3. The van der Waals surface area contributed by atoms with E-state index in [1.54, 1.807) is 0 Å². The Kier molecular flexibility index (Phi) is 8.27. The van der Waals surface area contributed by atoms with E-state index in [2.05, 4.69) is 45.9 Å². The minimum Gasteiger partial charge on any atom is -0.481 e. The molecule has 2 aliphatic rings. The summed E-state index contributed by atoms with van der Waals surface area (Å²) < 4.78 is 0. The molecule has 0 aromatic heterocycles. The maximum Gasteiger partial charge on any atom is 0.310 e. The number of aldehydes is 1. The predicted octanol–water partition coefficient (Wildman–Crippen LogP) is 6.50. The highest BCUT2D eigenvalue weighted by atomic mass is 16.4. The molecule has 3 nitrogen and oxygen atoms in total. The lowest BCUT2D eigenvalue weighted by Gasteiger charge is -2.49. The molecule has 0 radical (unpaired) electrons. The largest absolute Gasteiger partial charge is 0.481 e. The molecule has 2 aliphatic carbocycles. The van der Waals surface area contributed by atoms with Crippen molar-refractivity contribution in [3.8, 4) is 0 Å². The van der Waals surface area contributed by atoms with Crippen molar-refractivity contribution in [3.05, 3.63) is 34.9 Å². The van der Waals surface area contributed by atoms with Crippen LogP contribution in [-0.4, -0.2) is 17.4 Å². The molecule has 0 heterocycles. The van der Waals surface area contributed by atoms with E-state index in [9.17, 15) is 14.7 Å². The van der Waals surface area contributed by atoms with Gasteiger partial charge in [0.1, 0.15) is 6.29 Å². The van der Waals surface area contributed by atoms with E-state index in [-0.39, 0.29) is 17.8 Å². The molecule has 0 spiro atoms. The summed E-state index contributed by atoms with van der Waals surface area (Å²) in [5.74, 6) is -0.806. The van der Waals surface area contributed by atoms with E-state index in [1.807, 2.05) is 0 Å². The van der Waals surface area contributed by atoms with E-state index in [4.69, 9.17) is 0 Å². The van der Waals surface area contributed by atoms with Gasteiger partial charge >= 0.3 is 5.97 Å². The van der Waals surface area contributed by atoms with Gasteiger partial charge in [0, 0.05) is 5.92 Å². The van der Waals surface area contributed by atoms with Crippen molar-refractivity contribution in [2.75, 3.05) is 0 Å². The molecule has 28 heavy (non-hydrogen) atoms. The lowest BCUT2D eigenvalue weighted by molar-refractivity contribution is -0.165. The number of carboxylic acid groups (broad SMARTS) is 1. The van der Waals surface area contributed by atoms with Gasteiger partial charge in [0.15, 0.2) is 0 Å². The number of hydrogen-bond donors (Lipinski definition) is 1. The van der Waals surface area contributed by atoms with Crippen molar-refractivity contribution in [3.63, 3.8) is 0 Å². The Hall–Kier alpha value is -1.64. The maximum atomic E-state index is 12.8. The number of rotatable bonds is 5. The minimum absolute atomic E-state index is 0.0803. The molecule has 0 aliphatic heterocycles. The van der Waals surface area contributed by atoms with Crippen LogP contribution >= 0.6 is 0 Å². The molecule has 0 unspecified atom stereocenters. The quantitative estimate of drug-likeness (QED) is 0.433. The average molecular weight is 387 g/mol. The standard InChI is InChI=1S/C25H38O3/c1-18(2)7-6-16-25(24(27)28)22-13-10-19(3)8-5-9-20(4)11-15-23(25)21(17-26)12-14-22/h7,9-10,17,21-23H,5-6,8,11-16H2,1-4H3,(H,27,28)/b19-10+,20-9+/t21-,22-,23-,25+/m0/s1. The molecule has 156 valence electrons. The van der Waals surface area contributed by atoms with Crippen LogP contribution in [0.3, 0.4) is 0 Å². The average Bonchev–Trinajstić information content (AvgIpc) is 2.63. The molecule has 2 rings (SSSR count). The number of allylic oxidation sites excluding steroid dienone is 6. The Labute approximate surface area is 171 Å². The van der Waals surface area contributed by atoms with Crippen molar-refractivity contribution < 1.29 is 14.7 Å². The van der Waals surface area contributed by atoms with Gasteiger partial charge in [-0.3, -0.25) is 4.79 Å². The highest BCUT2D eigenvalue weighted by Gasteiger charge is 2.55. The fourth-order valence-corrected chi connectivity index (χ4v) is 5.41. The lowest BCUT2D eigenvalue weighted by Crippen LogP contribution is -2.51. The Morgan fingerprint density at radius 2 is 1.86 bits per heavy atom. The van der Waals surface area contributed by atoms with Crippen LogP contribution in [0.5, 0.6) is 0 Å². The molecule has 0 aromatic carbocycles. The number of carbonyl (C=O) groups excluding carboxylic acids is 1. The normalized spacial score (nSPS) is 35.2. The Bertz CT molecular complexity index is 651. The van der Waals surface area contributed by atoms with Crippen molar-refractivity contribution >= 4 is 12.3 Å². The lowest BCUT2D eigenvalue weighted by atomic mass is 9.53. The van der Waals surface area contributed by atoms with Gasteiger partial charge in [-0.05, 0) is 97.3 Å². The first-order valence-corrected chi connectivity index (χ1v) is 10.9. The summed E-state index contributed by atoms with van der Waals surface area (Å²) in [6.07, 6.45) is 15.4.